The van der Waals surface area contributed by atoms with Crippen LogP contribution >= 0.6 is 23.2 Å². The van der Waals surface area contributed by atoms with Crippen LogP contribution in [0.25, 0.3) is 11.0 Å². The molecule has 202 valence electrons. The average molecular weight is 566 g/mol. The average Bonchev–Trinajstić information content (AvgIpc) is 3.20. The molecule has 1 aromatic heterocycles. The summed E-state index contributed by atoms with van der Waals surface area (Å²) < 4.78 is 18.0. The fourth-order valence-electron chi connectivity index (χ4n) is 4.93. The van der Waals surface area contributed by atoms with Crippen molar-refractivity contribution in [2.75, 3.05) is 13.2 Å². The molecule has 2 heterocycles. The number of ether oxygens (including phenoxy) is 2. The van der Waals surface area contributed by atoms with E-state index in [1.165, 1.54) is 0 Å². The van der Waals surface area contributed by atoms with Gasteiger partial charge >= 0.3 is 0 Å². The number of halogens is 2. The molecular weight excluding hydrogens is 537 g/mol. The van der Waals surface area contributed by atoms with Gasteiger partial charge in [0.1, 0.15) is 5.58 Å². The fourth-order valence-corrected chi connectivity index (χ4v) is 5.30. The van der Waals surface area contributed by atoms with E-state index >= 15 is 0 Å². The highest BCUT2D eigenvalue weighted by atomic mass is 35.5. The van der Waals surface area contributed by atoms with Crippen LogP contribution in [0.15, 0.2) is 69.9 Å². The van der Waals surface area contributed by atoms with Crippen LogP contribution in [0.2, 0.25) is 10.0 Å². The van der Waals surface area contributed by atoms with Crippen molar-refractivity contribution in [1.82, 2.24) is 4.90 Å². The molecule has 0 radical (unpaired) electrons. The van der Waals surface area contributed by atoms with Crippen LogP contribution < -0.4 is 14.9 Å². The van der Waals surface area contributed by atoms with E-state index < -0.39 is 6.04 Å². The second-order valence-electron chi connectivity index (χ2n) is 9.44. The maximum atomic E-state index is 13.9. The van der Waals surface area contributed by atoms with Crippen LogP contribution in [-0.2, 0) is 6.54 Å². The van der Waals surface area contributed by atoms with E-state index in [2.05, 4.69) is 6.92 Å². The lowest BCUT2D eigenvalue weighted by molar-refractivity contribution is 0.0714. The van der Waals surface area contributed by atoms with Crippen molar-refractivity contribution >= 4 is 40.1 Å². The van der Waals surface area contributed by atoms with Gasteiger partial charge in [-0.15, -0.1) is 0 Å². The lowest BCUT2D eigenvalue weighted by Gasteiger charge is -2.26. The lowest BCUT2D eigenvalue weighted by atomic mass is 9.97. The van der Waals surface area contributed by atoms with Crippen LogP contribution in [0.4, 0.5) is 0 Å². The Labute approximate surface area is 237 Å². The maximum Gasteiger partial charge on any atom is 0.291 e. The summed E-state index contributed by atoms with van der Waals surface area (Å²) in [6.45, 7) is 5.24. The molecule has 0 N–H and O–H groups in total. The summed E-state index contributed by atoms with van der Waals surface area (Å²) in [6, 6.07) is 17.0. The first-order valence-electron chi connectivity index (χ1n) is 13.1. The Morgan fingerprint density at radius 3 is 2.51 bits per heavy atom. The van der Waals surface area contributed by atoms with E-state index in [-0.39, 0.29) is 29.2 Å². The van der Waals surface area contributed by atoms with Gasteiger partial charge in [-0.25, -0.2) is 0 Å². The second-order valence-corrected chi connectivity index (χ2v) is 10.3. The third kappa shape index (κ3) is 5.36. The van der Waals surface area contributed by atoms with E-state index in [0.29, 0.717) is 51.3 Å². The van der Waals surface area contributed by atoms with E-state index in [4.69, 9.17) is 37.1 Å². The molecule has 39 heavy (non-hydrogen) atoms. The Morgan fingerprint density at radius 2 is 1.74 bits per heavy atom. The maximum absolute atomic E-state index is 13.9. The molecule has 8 heteroatoms. The summed E-state index contributed by atoms with van der Waals surface area (Å²) in [4.78, 5) is 29.3. The molecule has 1 aliphatic rings. The van der Waals surface area contributed by atoms with Crippen LogP contribution in [0, 0.1) is 0 Å². The van der Waals surface area contributed by atoms with Gasteiger partial charge in [0.25, 0.3) is 5.91 Å². The normalized spacial score (nSPS) is 14.6. The number of carbonyl (C=O) groups is 1. The smallest absolute Gasteiger partial charge is 0.291 e. The molecular formula is C31H29Cl2NO5. The van der Waals surface area contributed by atoms with Crippen molar-refractivity contribution in [2.45, 2.75) is 45.7 Å². The fraction of sp³-hybridized carbons (Fsp3) is 0.290. The molecule has 0 bridgehead atoms. The molecule has 0 spiro atoms. The van der Waals surface area contributed by atoms with Crippen LogP contribution in [0.5, 0.6) is 11.5 Å². The number of carbonyl (C=O) groups excluding carboxylic acids is 1. The Bertz CT molecular complexity index is 1580. The van der Waals surface area contributed by atoms with Crippen molar-refractivity contribution in [1.29, 1.82) is 0 Å². The first-order chi connectivity index (χ1) is 18.9. The van der Waals surface area contributed by atoms with Gasteiger partial charge in [-0.3, -0.25) is 9.59 Å². The van der Waals surface area contributed by atoms with E-state index in [0.717, 1.165) is 24.8 Å². The zero-order chi connectivity index (χ0) is 27.5. The quantitative estimate of drug-likeness (QED) is 0.183. The molecule has 0 fully saturated rings. The van der Waals surface area contributed by atoms with Gasteiger partial charge < -0.3 is 18.8 Å². The number of hydrogen-bond donors (Lipinski definition) is 0. The van der Waals surface area contributed by atoms with Gasteiger partial charge in [0.2, 0.25) is 5.76 Å². The van der Waals surface area contributed by atoms with Gasteiger partial charge in [-0.05, 0) is 60.9 Å². The SMILES string of the molecule is CCCCCOc1ccc(C2c3c(oc4ccc(Cl)cc4c3=O)C(=O)N2Cc2ccccc2Cl)cc1OCC. The second kappa shape index (κ2) is 11.7. The highest BCUT2D eigenvalue weighted by Gasteiger charge is 2.43. The van der Waals surface area contributed by atoms with Crippen molar-refractivity contribution in [2.24, 2.45) is 0 Å². The monoisotopic (exact) mass is 565 g/mol. The van der Waals surface area contributed by atoms with Gasteiger partial charge in [-0.1, -0.05) is 67.2 Å². The number of amides is 1. The summed E-state index contributed by atoms with van der Waals surface area (Å²) in [5, 5.41) is 1.26. The molecule has 1 amide bonds. The molecule has 1 unspecified atom stereocenters. The third-order valence-electron chi connectivity index (χ3n) is 6.82. The van der Waals surface area contributed by atoms with Crippen molar-refractivity contribution < 1.29 is 18.7 Å². The first-order valence-corrected chi connectivity index (χ1v) is 13.9. The number of rotatable bonds is 10. The molecule has 1 aliphatic heterocycles. The predicted octanol–water partition coefficient (Wildman–Crippen LogP) is 7.81. The van der Waals surface area contributed by atoms with Crippen LogP contribution in [0.3, 0.4) is 0 Å². The highest BCUT2D eigenvalue weighted by Crippen LogP contribution is 2.42. The third-order valence-corrected chi connectivity index (χ3v) is 7.42. The lowest BCUT2D eigenvalue weighted by Crippen LogP contribution is -2.29. The van der Waals surface area contributed by atoms with Crippen LogP contribution in [-0.4, -0.2) is 24.0 Å². The van der Waals surface area contributed by atoms with Crippen molar-refractivity contribution in [3.05, 3.63) is 103 Å². The minimum Gasteiger partial charge on any atom is -0.490 e. The van der Waals surface area contributed by atoms with Crippen LogP contribution in [0.1, 0.15) is 66.4 Å². The zero-order valence-electron chi connectivity index (χ0n) is 21.8. The Hall–Kier alpha value is -3.48. The summed E-state index contributed by atoms with van der Waals surface area (Å²) in [6.07, 6.45) is 3.11. The highest BCUT2D eigenvalue weighted by molar-refractivity contribution is 6.31. The van der Waals surface area contributed by atoms with E-state index in [1.54, 1.807) is 29.2 Å². The number of nitrogens with zero attached hydrogens (tertiary/aromatic N) is 1. The Morgan fingerprint density at radius 1 is 0.923 bits per heavy atom. The van der Waals surface area contributed by atoms with Gasteiger partial charge in [0.15, 0.2) is 16.9 Å². The molecule has 4 aromatic rings. The molecule has 6 nitrogen and oxygen atoms in total. The number of benzene rings is 3. The number of unbranched alkanes of at least 4 members (excludes halogenated alkanes) is 2. The van der Waals surface area contributed by atoms with Gasteiger partial charge in [-0.2, -0.15) is 0 Å². The van der Waals surface area contributed by atoms with Gasteiger partial charge in [0.05, 0.1) is 30.2 Å². The number of fused-ring (bicyclic) bond motifs is 2. The molecule has 5 rings (SSSR count). The molecule has 0 aliphatic carbocycles. The number of hydrogen-bond acceptors (Lipinski definition) is 5. The van der Waals surface area contributed by atoms with E-state index in [9.17, 15) is 9.59 Å². The van der Waals surface area contributed by atoms with Gasteiger partial charge in [0, 0.05) is 16.6 Å². The minimum atomic E-state index is -0.725. The van der Waals surface area contributed by atoms with Crippen molar-refractivity contribution in [3.8, 4) is 11.5 Å². The standard InChI is InChI=1S/C31H29Cl2NO5/c1-3-5-8-15-38-25-13-11-19(16-26(25)37-4-2)28-27-29(35)22-17-21(32)12-14-24(22)39-30(27)31(36)34(28)18-20-9-6-7-10-23(20)33/h6-7,9-14,16-17,28H,3-5,8,15,18H2,1-2H3. The first kappa shape index (κ1) is 27.1. The predicted molar refractivity (Wildman–Crippen MR) is 153 cm³/mol. The minimum absolute atomic E-state index is 0.0183. The Balaban J connectivity index is 1.64. The van der Waals surface area contributed by atoms with E-state index in [1.807, 2.05) is 43.3 Å². The topological polar surface area (TPSA) is 69.0 Å². The molecule has 3 aromatic carbocycles. The summed E-state index contributed by atoms with van der Waals surface area (Å²) in [5.74, 6) is 0.806. The summed E-state index contributed by atoms with van der Waals surface area (Å²) in [7, 11) is 0. The molecule has 1 atom stereocenters. The summed E-state index contributed by atoms with van der Waals surface area (Å²) >= 11 is 12.7. The van der Waals surface area contributed by atoms with Crippen molar-refractivity contribution in [3.63, 3.8) is 0 Å². The largest absolute Gasteiger partial charge is 0.490 e. The Kier molecular flexibility index (Phi) is 8.15. The summed E-state index contributed by atoms with van der Waals surface area (Å²) in [5.41, 5.74) is 1.73. The molecule has 0 saturated heterocycles. The molecule has 0 saturated carbocycles. The zero-order valence-corrected chi connectivity index (χ0v) is 23.3.